The molecule has 154 valence electrons. The number of hydrogen-bond acceptors (Lipinski definition) is 5. The Bertz CT molecular complexity index is 1200. The maximum atomic E-state index is 12.7. The third-order valence-electron chi connectivity index (χ3n) is 5.64. The summed E-state index contributed by atoms with van der Waals surface area (Å²) in [6, 6.07) is 15.9. The van der Waals surface area contributed by atoms with Crippen molar-refractivity contribution in [2.75, 3.05) is 39.4 Å². The average Bonchev–Trinajstić information content (AvgIpc) is 3.09. The van der Waals surface area contributed by atoms with E-state index in [1.54, 1.807) is 0 Å². The van der Waals surface area contributed by atoms with E-state index in [2.05, 4.69) is 10.2 Å². The van der Waals surface area contributed by atoms with Gasteiger partial charge in [-0.05, 0) is 31.2 Å². The van der Waals surface area contributed by atoms with Crippen LogP contribution in [-0.4, -0.2) is 64.7 Å². The number of hydrogen-bond donors (Lipinski definition) is 1. The SMILES string of the molecule is O=C(Cn1c2ccccc2c2nc3ccccc3nc21)NCCCN1CCOCC1. The van der Waals surface area contributed by atoms with Crippen LogP contribution < -0.4 is 5.32 Å². The van der Waals surface area contributed by atoms with Gasteiger partial charge in [-0.3, -0.25) is 9.69 Å². The third kappa shape index (κ3) is 3.74. The minimum absolute atomic E-state index is 0.00501. The van der Waals surface area contributed by atoms with Gasteiger partial charge >= 0.3 is 0 Å². The number of amides is 1. The number of morpholine rings is 1. The summed E-state index contributed by atoms with van der Waals surface area (Å²) in [5.41, 5.74) is 4.26. The van der Waals surface area contributed by atoms with Gasteiger partial charge in [-0.2, -0.15) is 0 Å². The summed E-state index contributed by atoms with van der Waals surface area (Å²) in [4.78, 5) is 24.7. The fraction of sp³-hybridized carbons (Fsp3) is 0.348. The fourth-order valence-corrected chi connectivity index (χ4v) is 4.10. The average molecular weight is 403 g/mol. The maximum Gasteiger partial charge on any atom is 0.240 e. The predicted molar refractivity (Wildman–Crippen MR) is 117 cm³/mol. The van der Waals surface area contributed by atoms with Gasteiger partial charge in [0.1, 0.15) is 12.1 Å². The van der Waals surface area contributed by atoms with Gasteiger partial charge in [-0.25, -0.2) is 9.97 Å². The topological polar surface area (TPSA) is 72.3 Å². The van der Waals surface area contributed by atoms with Gasteiger partial charge in [-0.15, -0.1) is 0 Å². The smallest absolute Gasteiger partial charge is 0.240 e. The molecule has 30 heavy (non-hydrogen) atoms. The molecule has 2 aromatic heterocycles. The van der Waals surface area contributed by atoms with E-state index in [0.29, 0.717) is 6.54 Å². The highest BCUT2D eigenvalue weighted by atomic mass is 16.5. The van der Waals surface area contributed by atoms with Crippen molar-refractivity contribution in [3.05, 3.63) is 48.5 Å². The molecule has 0 aliphatic carbocycles. The number of carbonyl (C=O) groups excluding carboxylic acids is 1. The molecule has 1 N–H and O–H groups in total. The fourth-order valence-electron chi connectivity index (χ4n) is 4.10. The Hall–Kier alpha value is -3.03. The molecule has 1 aliphatic heterocycles. The number of aromatic nitrogens is 3. The molecule has 7 nitrogen and oxygen atoms in total. The monoisotopic (exact) mass is 403 g/mol. The number of ether oxygens (including phenoxy) is 1. The predicted octanol–water partition coefficient (Wildman–Crippen LogP) is 2.58. The summed E-state index contributed by atoms with van der Waals surface area (Å²) in [7, 11) is 0. The molecule has 7 heteroatoms. The minimum Gasteiger partial charge on any atom is -0.379 e. The number of para-hydroxylation sites is 3. The lowest BCUT2D eigenvalue weighted by molar-refractivity contribution is -0.121. The first-order chi connectivity index (χ1) is 14.8. The van der Waals surface area contributed by atoms with Crippen LogP contribution >= 0.6 is 0 Å². The molecule has 0 radical (unpaired) electrons. The van der Waals surface area contributed by atoms with Crippen molar-refractivity contribution >= 4 is 39.0 Å². The number of rotatable bonds is 6. The van der Waals surface area contributed by atoms with Crippen LogP contribution in [0.5, 0.6) is 0 Å². The zero-order valence-corrected chi connectivity index (χ0v) is 16.9. The van der Waals surface area contributed by atoms with Crippen LogP contribution in [0.3, 0.4) is 0 Å². The first-order valence-electron chi connectivity index (χ1n) is 10.5. The molecule has 5 rings (SSSR count). The summed E-state index contributed by atoms with van der Waals surface area (Å²) in [5.74, 6) is -0.00501. The van der Waals surface area contributed by atoms with E-state index < -0.39 is 0 Å². The van der Waals surface area contributed by atoms with E-state index in [9.17, 15) is 4.79 Å². The Labute approximate surface area is 174 Å². The molecular weight excluding hydrogens is 378 g/mol. The Kier molecular flexibility index (Phi) is 5.29. The summed E-state index contributed by atoms with van der Waals surface area (Å²) in [6.07, 6.45) is 0.934. The molecule has 1 amide bonds. The van der Waals surface area contributed by atoms with Crippen molar-refractivity contribution in [3.8, 4) is 0 Å². The van der Waals surface area contributed by atoms with E-state index in [1.807, 2.05) is 53.1 Å². The Morgan fingerprint density at radius 1 is 1.00 bits per heavy atom. The minimum atomic E-state index is -0.00501. The lowest BCUT2D eigenvalue weighted by Gasteiger charge is -2.26. The largest absolute Gasteiger partial charge is 0.379 e. The van der Waals surface area contributed by atoms with Crippen LogP contribution in [0.2, 0.25) is 0 Å². The molecule has 0 atom stereocenters. The zero-order valence-electron chi connectivity index (χ0n) is 16.9. The van der Waals surface area contributed by atoms with Gasteiger partial charge < -0.3 is 14.6 Å². The molecule has 0 saturated carbocycles. The second-order valence-corrected chi connectivity index (χ2v) is 7.65. The third-order valence-corrected chi connectivity index (χ3v) is 5.64. The van der Waals surface area contributed by atoms with E-state index in [-0.39, 0.29) is 12.5 Å². The second kappa shape index (κ2) is 8.38. The van der Waals surface area contributed by atoms with Gasteiger partial charge in [0, 0.05) is 25.0 Å². The van der Waals surface area contributed by atoms with Crippen molar-refractivity contribution in [1.82, 2.24) is 24.8 Å². The molecular formula is C23H25N5O2. The summed E-state index contributed by atoms with van der Waals surface area (Å²) >= 11 is 0. The lowest BCUT2D eigenvalue weighted by atomic mass is 10.2. The number of carbonyl (C=O) groups is 1. The number of nitrogens with zero attached hydrogens (tertiary/aromatic N) is 4. The molecule has 0 spiro atoms. The summed E-state index contributed by atoms with van der Waals surface area (Å²) in [5, 5.41) is 4.08. The van der Waals surface area contributed by atoms with Gasteiger partial charge in [0.2, 0.25) is 5.91 Å². The highest BCUT2D eigenvalue weighted by Gasteiger charge is 2.16. The van der Waals surface area contributed by atoms with E-state index in [0.717, 1.165) is 72.4 Å². The van der Waals surface area contributed by atoms with E-state index in [1.165, 1.54) is 0 Å². The highest BCUT2D eigenvalue weighted by Crippen LogP contribution is 2.27. The first kappa shape index (κ1) is 19.0. The molecule has 0 bridgehead atoms. The number of fused-ring (bicyclic) bond motifs is 4. The molecule has 3 heterocycles. The normalized spacial score (nSPS) is 15.2. The van der Waals surface area contributed by atoms with Gasteiger partial charge in [0.15, 0.2) is 5.65 Å². The van der Waals surface area contributed by atoms with E-state index >= 15 is 0 Å². The van der Waals surface area contributed by atoms with Crippen molar-refractivity contribution in [2.45, 2.75) is 13.0 Å². The van der Waals surface area contributed by atoms with Crippen LogP contribution in [0.15, 0.2) is 48.5 Å². The Morgan fingerprint density at radius 2 is 1.73 bits per heavy atom. The van der Waals surface area contributed by atoms with Crippen LogP contribution in [0.1, 0.15) is 6.42 Å². The zero-order chi connectivity index (χ0) is 20.3. The maximum absolute atomic E-state index is 12.7. The van der Waals surface area contributed by atoms with Gasteiger partial charge in [0.25, 0.3) is 0 Å². The van der Waals surface area contributed by atoms with Crippen molar-refractivity contribution < 1.29 is 9.53 Å². The van der Waals surface area contributed by atoms with Crippen LogP contribution in [0.4, 0.5) is 0 Å². The highest BCUT2D eigenvalue weighted by molar-refractivity contribution is 6.07. The van der Waals surface area contributed by atoms with Crippen molar-refractivity contribution in [2.24, 2.45) is 0 Å². The Balaban J connectivity index is 1.35. The summed E-state index contributed by atoms with van der Waals surface area (Å²) in [6.45, 7) is 5.43. The standard InChI is InChI=1S/C23H25N5O2/c29-21(24-10-5-11-27-12-14-30-15-13-27)16-28-20-9-4-1-6-17(20)22-23(28)26-19-8-3-2-7-18(19)25-22/h1-4,6-9H,5,10-16H2,(H,24,29). The molecule has 1 saturated heterocycles. The molecule has 1 fully saturated rings. The van der Waals surface area contributed by atoms with E-state index in [4.69, 9.17) is 14.7 Å². The number of benzene rings is 2. The lowest BCUT2D eigenvalue weighted by Crippen LogP contribution is -2.38. The molecule has 2 aromatic carbocycles. The van der Waals surface area contributed by atoms with Crippen LogP contribution in [-0.2, 0) is 16.1 Å². The molecule has 4 aromatic rings. The number of nitrogens with one attached hydrogen (secondary N) is 1. The Morgan fingerprint density at radius 3 is 2.57 bits per heavy atom. The second-order valence-electron chi connectivity index (χ2n) is 7.65. The molecule has 1 aliphatic rings. The first-order valence-corrected chi connectivity index (χ1v) is 10.5. The van der Waals surface area contributed by atoms with Crippen LogP contribution in [0, 0.1) is 0 Å². The van der Waals surface area contributed by atoms with Gasteiger partial charge in [-0.1, -0.05) is 30.3 Å². The van der Waals surface area contributed by atoms with Gasteiger partial charge in [0.05, 0.1) is 29.8 Å². The quantitative estimate of drug-likeness (QED) is 0.501. The van der Waals surface area contributed by atoms with Crippen molar-refractivity contribution in [1.29, 1.82) is 0 Å². The molecule has 0 unspecified atom stereocenters. The van der Waals surface area contributed by atoms with Crippen molar-refractivity contribution in [3.63, 3.8) is 0 Å². The summed E-state index contributed by atoms with van der Waals surface area (Å²) < 4.78 is 7.35. The van der Waals surface area contributed by atoms with Crippen LogP contribution in [0.25, 0.3) is 33.1 Å².